The minimum absolute atomic E-state index is 0.208. The molecule has 2 heterocycles. The standard InChI is InChI=1S/C22H20ClN3O3/c23-17-4-3-6-19(13-17)25-22(27)26(11-9-18-5-1-2-10-24-18)14-16-7-8-20-21(12-16)29-15-28-20/h1-8,10,12-13H,9,11,14-15H2,(H,25,27). The molecule has 1 aliphatic rings. The summed E-state index contributed by atoms with van der Waals surface area (Å²) in [5, 5.41) is 3.49. The predicted octanol–water partition coefficient (Wildman–Crippen LogP) is 4.74. The normalized spacial score (nSPS) is 11.9. The van der Waals surface area contributed by atoms with Crippen molar-refractivity contribution < 1.29 is 14.3 Å². The number of urea groups is 1. The molecule has 7 heteroatoms. The Balaban J connectivity index is 1.50. The van der Waals surface area contributed by atoms with Gasteiger partial charge in [-0.05, 0) is 48.0 Å². The van der Waals surface area contributed by atoms with Gasteiger partial charge in [0.15, 0.2) is 11.5 Å². The smallest absolute Gasteiger partial charge is 0.322 e. The topological polar surface area (TPSA) is 63.7 Å². The first-order valence-electron chi connectivity index (χ1n) is 9.27. The maximum Gasteiger partial charge on any atom is 0.322 e. The summed E-state index contributed by atoms with van der Waals surface area (Å²) in [7, 11) is 0. The summed E-state index contributed by atoms with van der Waals surface area (Å²) in [6, 6.07) is 18.4. The number of aromatic nitrogens is 1. The number of ether oxygens (including phenoxy) is 2. The molecule has 29 heavy (non-hydrogen) atoms. The lowest BCUT2D eigenvalue weighted by Gasteiger charge is -2.23. The molecule has 0 radical (unpaired) electrons. The molecule has 0 bridgehead atoms. The number of rotatable bonds is 6. The fourth-order valence-corrected chi connectivity index (χ4v) is 3.27. The summed E-state index contributed by atoms with van der Waals surface area (Å²) in [4.78, 5) is 19.1. The number of hydrogen-bond donors (Lipinski definition) is 1. The number of pyridine rings is 1. The molecule has 0 aliphatic carbocycles. The summed E-state index contributed by atoms with van der Waals surface area (Å²) in [6.07, 6.45) is 2.40. The number of carbonyl (C=O) groups excluding carboxylic acids is 1. The number of anilines is 1. The van der Waals surface area contributed by atoms with Crippen LogP contribution in [0.1, 0.15) is 11.3 Å². The maximum atomic E-state index is 13.0. The van der Waals surface area contributed by atoms with E-state index in [1.165, 1.54) is 0 Å². The van der Waals surface area contributed by atoms with E-state index in [1.54, 1.807) is 35.4 Å². The van der Waals surface area contributed by atoms with E-state index in [4.69, 9.17) is 21.1 Å². The average molecular weight is 410 g/mol. The number of carbonyl (C=O) groups is 1. The van der Waals surface area contributed by atoms with Crippen LogP contribution < -0.4 is 14.8 Å². The van der Waals surface area contributed by atoms with Gasteiger partial charge in [0.25, 0.3) is 0 Å². The van der Waals surface area contributed by atoms with E-state index in [-0.39, 0.29) is 12.8 Å². The van der Waals surface area contributed by atoms with Gasteiger partial charge in [0.05, 0.1) is 0 Å². The second-order valence-electron chi connectivity index (χ2n) is 6.62. The lowest BCUT2D eigenvalue weighted by atomic mass is 10.1. The third kappa shape index (κ3) is 4.97. The number of halogens is 1. The van der Waals surface area contributed by atoms with Crippen LogP contribution in [0.2, 0.25) is 5.02 Å². The van der Waals surface area contributed by atoms with E-state index >= 15 is 0 Å². The van der Waals surface area contributed by atoms with Gasteiger partial charge >= 0.3 is 6.03 Å². The van der Waals surface area contributed by atoms with Gasteiger partial charge in [-0.15, -0.1) is 0 Å². The van der Waals surface area contributed by atoms with Crippen molar-refractivity contribution in [3.63, 3.8) is 0 Å². The highest BCUT2D eigenvalue weighted by Gasteiger charge is 2.18. The van der Waals surface area contributed by atoms with Crippen LogP contribution in [0.5, 0.6) is 11.5 Å². The van der Waals surface area contributed by atoms with Crippen molar-refractivity contribution in [2.75, 3.05) is 18.7 Å². The van der Waals surface area contributed by atoms with Gasteiger partial charge in [-0.3, -0.25) is 4.98 Å². The van der Waals surface area contributed by atoms with E-state index in [2.05, 4.69) is 10.3 Å². The van der Waals surface area contributed by atoms with Crippen LogP contribution in [0.15, 0.2) is 66.9 Å². The molecule has 4 rings (SSSR count). The summed E-state index contributed by atoms with van der Waals surface area (Å²) in [5.74, 6) is 1.42. The highest BCUT2D eigenvalue weighted by molar-refractivity contribution is 6.30. The second kappa shape index (κ2) is 8.84. The average Bonchev–Trinajstić information content (AvgIpc) is 3.19. The monoisotopic (exact) mass is 409 g/mol. The number of nitrogens with zero attached hydrogens (tertiary/aromatic N) is 2. The Morgan fingerprint density at radius 2 is 1.97 bits per heavy atom. The quantitative estimate of drug-likeness (QED) is 0.638. The van der Waals surface area contributed by atoms with Gasteiger partial charge in [-0.25, -0.2) is 4.79 Å². The molecule has 2 amide bonds. The van der Waals surface area contributed by atoms with Gasteiger partial charge in [-0.2, -0.15) is 0 Å². The molecule has 1 aromatic heterocycles. The molecule has 3 aromatic rings. The van der Waals surface area contributed by atoms with Crippen molar-refractivity contribution in [2.45, 2.75) is 13.0 Å². The second-order valence-corrected chi connectivity index (χ2v) is 7.06. The Bertz CT molecular complexity index is 998. The van der Waals surface area contributed by atoms with Gasteiger partial charge in [0.2, 0.25) is 6.79 Å². The van der Waals surface area contributed by atoms with Crippen LogP contribution in [0, 0.1) is 0 Å². The van der Waals surface area contributed by atoms with Gasteiger partial charge in [-0.1, -0.05) is 29.8 Å². The fraction of sp³-hybridized carbons (Fsp3) is 0.182. The highest BCUT2D eigenvalue weighted by Crippen LogP contribution is 2.32. The van der Waals surface area contributed by atoms with E-state index in [1.807, 2.05) is 36.4 Å². The summed E-state index contributed by atoms with van der Waals surface area (Å²) in [5.41, 5.74) is 2.53. The molecule has 0 atom stereocenters. The first kappa shape index (κ1) is 19.1. The molecule has 1 N–H and O–H groups in total. The van der Waals surface area contributed by atoms with Crippen LogP contribution in [0.3, 0.4) is 0 Å². The highest BCUT2D eigenvalue weighted by atomic mass is 35.5. The Morgan fingerprint density at radius 3 is 2.79 bits per heavy atom. The Kier molecular flexibility index (Phi) is 5.81. The number of amides is 2. The fourth-order valence-electron chi connectivity index (χ4n) is 3.08. The third-order valence-electron chi connectivity index (χ3n) is 4.54. The summed E-state index contributed by atoms with van der Waals surface area (Å²) < 4.78 is 10.8. The van der Waals surface area contributed by atoms with Crippen molar-refractivity contribution in [3.05, 3.63) is 83.1 Å². The van der Waals surface area contributed by atoms with Crippen molar-refractivity contribution in [1.29, 1.82) is 0 Å². The first-order valence-corrected chi connectivity index (χ1v) is 9.65. The van der Waals surface area contributed by atoms with Crippen LogP contribution in [-0.4, -0.2) is 29.3 Å². The summed E-state index contributed by atoms with van der Waals surface area (Å²) >= 11 is 6.03. The Hall–Kier alpha value is -3.25. The van der Waals surface area contributed by atoms with Crippen LogP contribution in [0.4, 0.5) is 10.5 Å². The zero-order valence-electron chi connectivity index (χ0n) is 15.7. The summed E-state index contributed by atoms with van der Waals surface area (Å²) in [6.45, 7) is 1.16. The molecule has 0 fully saturated rings. The molecule has 0 saturated heterocycles. The lowest BCUT2D eigenvalue weighted by molar-refractivity contribution is 0.174. The van der Waals surface area contributed by atoms with Gasteiger partial charge in [0.1, 0.15) is 0 Å². The minimum atomic E-state index is -0.208. The van der Waals surface area contributed by atoms with E-state index in [0.717, 1.165) is 17.0 Å². The molecule has 2 aromatic carbocycles. The largest absolute Gasteiger partial charge is 0.454 e. The lowest BCUT2D eigenvalue weighted by Crippen LogP contribution is -2.36. The molecule has 148 valence electrons. The van der Waals surface area contributed by atoms with Crippen molar-refractivity contribution >= 4 is 23.3 Å². The molecule has 6 nitrogen and oxygen atoms in total. The number of fused-ring (bicyclic) bond motifs is 1. The maximum absolute atomic E-state index is 13.0. The molecule has 1 aliphatic heterocycles. The van der Waals surface area contributed by atoms with Crippen molar-refractivity contribution in [2.24, 2.45) is 0 Å². The van der Waals surface area contributed by atoms with Crippen LogP contribution in [-0.2, 0) is 13.0 Å². The van der Waals surface area contributed by atoms with Gasteiger partial charge < -0.3 is 19.7 Å². The molecular weight excluding hydrogens is 390 g/mol. The number of nitrogens with one attached hydrogen (secondary N) is 1. The van der Waals surface area contributed by atoms with E-state index in [0.29, 0.717) is 36.0 Å². The minimum Gasteiger partial charge on any atom is -0.454 e. The molecule has 0 unspecified atom stereocenters. The van der Waals surface area contributed by atoms with Crippen molar-refractivity contribution in [3.8, 4) is 11.5 Å². The number of hydrogen-bond acceptors (Lipinski definition) is 4. The Morgan fingerprint density at radius 1 is 1.07 bits per heavy atom. The zero-order valence-corrected chi connectivity index (χ0v) is 16.4. The third-order valence-corrected chi connectivity index (χ3v) is 4.77. The molecule has 0 spiro atoms. The SMILES string of the molecule is O=C(Nc1cccc(Cl)c1)N(CCc1ccccn1)Cc1ccc2c(c1)OCO2. The molecule has 0 saturated carbocycles. The van der Waals surface area contributed by atoms with Crippen molar-refractivity contribution in [1.82, 2.24) is 9.88 Å². The first-order chi connectivity index (χ1) is 14.2. The zero-order chi connectivity index (χ0) is 20.1. The van der Waals surface area contributed by atoms with E-state index < -0.39 is 0 Å². The molecular formula is C22H20ClN3O3. The van der Waals surface area contributed by atoms with Crippen LogP contribution in [0.25, 0.3) is 0 Å². The number of benzene rings is 2. The van der Waals surface area contributed by atoms with Crippen LogP contribution >= 0.6 is 11.6 Å². The Labute approximate surface area is 174 Å². The van der Waals surface area contributed by atoms with Gasteiger partial charge in [0, 0.05) is 42.1 Å². The van der Waals surface area contributed by atoms with E-state index in [9.17, 15) is 4.79 Å². The predicted molar refractivity (Wildman–Crippen MR) is 111 cm³/mol.